The molecule has 8 heterocycles. The molecule has 14 rings (SSSR count). The van der Waals surface area contributed by atoms with Crippen molar-refractivity contribution in [3.05, 3.63) is 223 Å². The molecule has 4 aliphatic rings. The van der Waals surface area contributed by atoms with Gasteiger partial charge in [-0.2, -0.15) is 36.5 Å². The molecular weight excluding hydrogens is 1530 g/mol. The van der Waals surface area contributed by atoms with Crippen molar-refractivity contribution in [2.24, 2.45) is 0 Å². The van der Waals surface area contributed by atoms with E-state index in [2.05, 4.69) is 51.4 Å². The number of fused-ring (bicyclic) bond motifs is 2. The van der Waals surface area contributed by atoms with Crippen LogP contribution in [0.25, 0.3) is 33.9 Å². The predicted octanol–water partition coefficient (Wildman–Crippen LogP) is 13.3. The average Bonchev–Trinajstić information content (AvgIpc) is 1.56. The number of ether oxygens (including phenoxy) is 8. The Balaban J connectivity index is 0.713. The van der Waals surface area contributed by atoms with Crippen LogP contribution in [0.2, 0.25) is 20.1 Å². The van der Waals surface area contributed by atoms with Gasteiger partial charge in [-0.1, -0.05) is 117 Å². The van der Waals surface area contributed by atoms with Crippen molar-refractivity contribution in [3.63, 3.8) is 0 Å². The van der Waals surface area contributed by atoms with Gasteiger partial charge in [-0.05, 0) is 87.4 Å². The van der Waals surface area contributed by atoms with Gasteiger partial charge >= 0.3 is 12.4 Å². The maximum absolute atomic E-state index is 15.0. The minimum absolute atomic E-state index is 0.0256. The number of benzene rings is 6. The van der Waals surface area contributed by atoms with Crippen LogP contribution in [0.1, 0.15) is 95.3 Å². The third-order valence-electron chi connectivity index (χ3n) is 18.1. The van der Waals surface area contributed by atoms with Crippen LogP contribution in [0.4, 0.5) is 43.9 Å². The molecule has 12 atom stereocenters. The molecule has 566 valence electrons. The number of aryl methyl sites for hydroxylation is 2. The van der Waals surface area contributed by atoms with Gasteiger partial charge in [0.05, 0.1) is 48.1 Å². The number of halogens is 14. The van der Waals surface area contributed by atoms with Crippen LogP contribution in [0.3, 0.4) is 0 Å². The fraction of sp³-hybridized carbons (Fsp3) is 0.343. The van der Waals surface area contributed by atoms with E-state index in [1.54, 1.807) is 60.7 Å². The summed E-state index contributed by atoms with van der Waals surface area (Å²) in [6.45, 7) is 0.821. The Hall–Kier alpha value is -9.04. The standard InChI is InChI=1S/C70H58Cl4F10N14O10/c1-33-87-65(97(91-33)49-25-39(71)15-17-41(49)69(79,80)81)63-61(57(59-51(105-63)29-103-67(107-59)35-11-5-3-6-12-35)95-27-47(89-93-95)37-21-43(75)55(73)44(76)22-37)101-31-53(99)85-19-9-10-20-86-54(100)32-102-62-58(96-28-48(90-94-96)38-23-45(77)56(74)46(78)24-38)60-52(30-104-68(108-60)36-13-7-4-8-14-36)106-64(62)66-88-34(2)92-98(66)50-26-40(72)16-18-42(50)70(82,83)84/h3-8,11-18,21-28,51-52,57-64,67-68H,9-10,19-20,29-32H2,1-2H3,(H,85,99)(H,86,100)/t51-,52?,57+,58-,59+,60?,61-,62+,63-,64+,67+,68+/m1/s1. The molecule has 0 aliphatic carbocycles. The number of nitrogens with one attached hydrogen (secondary N) is 2. The summed E-state index contributed by atoms with van der Waals surface area (Å²) in [7, 11) is 0. The van der Waals surface area contributed by atoms with E-state index in [4.69, 9.17) is 84.3 Å². The van der Waals surface area contributed by atoms with E-state index in [1.165, 1.54) is 35.6 Å². The third-order valence-corrected chi connectivity index (χ3v) is 19.3. The Morgan fingerprint density at radius 2 is 0.907 bits per heavy atom. The highest BCUT2D eigenvalue weighted by molar-refractivity contribution is 6.31. The molecule has 10 aromatic rings. The summed E-state index contributed by atoms with van der Waals surface area (Å²) in [5.41, 5.74) is -2.59. The van der Waals surface area contributed by atoms with Gasteiger partial charge in [0.1, 0.15) is 130 Å². The summed E-state index contributed by atoms with van der Waals surface area (Å²) in [6.07, 6.45) is -19.6. The number of aromatic nitrogens is 12. The Kier molecular flexibility index (Phi) is 22.1. The van der Waals surface area contributed by atoms with Crippen molar-refractivity contribution >= 4 is 58.2 Å². The van der Waals surface area contributed by atoms with E-state index in [1.807, 2.05) is 0 Å². The second kappa shape index (κ2) is 31.5. The Morgan fingerprint density at radius 1 is 0.528 bits per heavy atom. The highest BCUT2D eigenvalue weighted by Crippen LogP contribution is 2.49. The summed E-state index contributed by atoms with van der Waals surface area (Å²) in [5.74, 6) is -6.46. The van der Waals surface area contributed by atoms with Gasteiger partial charge in [-0.15, -0.1) is 10.2 Å². The molecule has 108 heavy (non-hydrogen) atoms. The van der Waals surface area contributed by atoms with E-state index in [0.29, 0.717) is 11.1 Å². The molecule has 24 nitrogen and oxygen atoms in total. The van der Waals surface area contributed by atoms with Crippen LogP contribution in [0, 0.1) is 37.1 Å². The fourth-order valence-electron chi connectivity index (χ4n) is 13.2. The highest BCUT2D eigenvalue weighted by Gasteiger charge is 2.56. The zero-order chi connectivity index (χ0) is 76.0. The first kappa shape index (κ1) is 75.8. The Morgan fingerprint density at radius 3 is 1.28 bits per heavy atom. The number of carbonyl (C=O) groups excluding carboxylic acids is 2. The molecule has 38 heteroatoms. The smallest absolute Gasteiger partial charge is 0.363 e. The lowest BCUT2D eigenvalue weighted by atomic mass is 9.90. The van der Waals surface area contributed by atoms with Crippen LogP contribution in [0.5, 0.6) is 0 Å². The molecule has 4 fully saturated rings. The molecule has 6 aromatic carbocycles. The van der Waals surface area contributed by atoms with Crippen LogP contribution < -0.4 is 10.6 Å². The lowest BCUT2D eigenvalue weighted by Crippen LogP contribution is -2.58. The molecule has 4 saturated heterocycles. The molecule has 2 unspecified atom stereocenters. The molecule has 0 saturated carbocycles. The minimum atomic E-state index is -4.95. The Labute approximate surface area is 625 Å². The van der Waals surface area contributed by atoms with Gasteiger partial charge in [0.25, 0.3) is 0 Å². The van der Waals surface area contributed by atoms with Gasteiger partial charge in [0.15, 0.2) is 24.2 Å². The first-order valence-electron chi connectivity index (χ1n) is 33.2. The lowest BCUT2D eigenvalue weighted by molar-refractivity contribution is -0.322. The molecule has 0 spiro atoms. The summed E-state index contributed by atoms with van der Waals surface area (Å²) >= 11 is 24.4. The predicted molar refractivity (Wildman–Crippen MR) is 361 cm³/mol. The topological polar surface area (TPSA) is 255 Å². The number of hydrogen-bond acceptors (Lipinski definition) is 18. The van der Waals surface area contributed by atoms with E-state index in [9.17, 15) is 35.9 Å². The SMILES string of the molecule is Cc1nc([C@H]2OC3CO[C@H](c4ccccc4)OC3[C@@H](n3cc(-c4cc(F)c(Cl)c(F)c4)nn3)[C@@H]2OCC(=O)NCCCCNC(=O)CO[C@@H]2[C@@H](n3cc(-c4cc(F)c(Cl)c(F)c4)nn3)[C@H]3O[C@@H](c4ccccc4)OC[C@H]3O[C@H]2c2nc(C)nn2-c2cc(Cl)ccc2C(F)(F)F)n(-c2cc(Cl)ccc2C(F)(F)F)n1. The van der Waals surface area contributed by atoms with E-state index in [-0.39, 0.29) is 95.0 Å². The fourth-order valence-corrected chi connectivity index (χ4v) is 13.8. The van der Waals surface area contributed by atoms with Crippen LogP contribution in [-0.4, -0.2) is 147 Å². The number of alkyl halides is 6. The third kappa shape index (κ3) is 16.0. The second-order valence-corrected chi connectivity index (χ2v) is 27.0. The van der Waals surface area contributed by atoms with Crippen molar-refractivity contribution in [1.29, 1.82) is 0 Å². The summed E-state index contributed by atoms with van der Waals surface area (Å²) in [4.78, 5) is 37.4. The number of unbranched alkanes of at least 4 members (excludes halogenated alkanes) is 1. The van der Waals surface area contributed by atoms with E-state index in [0.717, 1.165) is 70.0 Å². The van der Waals surface area contributed by atoms with Gasteiger partial charge in [-0.25, -0.2) is 46.3 Å². The number of rotatable bonds is 21. The maximum Gasteiger partial charge on any atom is 0.418 e. The second-order valence-electron chi connectivity index (χ2n) is 25.3. The largest absolute Gasteiger partial charge is 0.418 e. The molecule has 2 amide bonds. The van der Waals surface area contributed by atoms with E-state index >= 15 is 17.6 Å². The van der Waals surface area contributed by atoms with Gasteiger partial charge in [0, 0.05) is 45.4 Å². The zero-order valence-electron chi connectivity index (χ0n) is 56.0. The van der Waals surface area contributed by atoms with Gasteiger partial charge in [0.2, 0.25) is 11.8 Å². The van der Waals surface area contributed by atoms with Gasteiger partial charge in [-0.3, -0.25) is 9.59 Å². The normalized spacial score (nSPS) is 23.1. The molecule has 4 aromatic heterocycles. The maximum atomic E-state index is 15.0. The molecule has 4 aliphatic heterocycles. The van der Waals surface area contributed by atoms with Crippen molar-refractivity contribution in [1.82, 2.24) is 70.2 Å². The van der Waals surface area contributed by atoms with Crippen molar-refractivity contribution in [2.45, 2.75) is 113 Å². The lowest BCUT2D eigenvalue weighted by Gasteiger charge is -2.49. The van der Waals surface area contributed by atoms with Crippen molar-refractivity contribution < 1.29 is 91.4 Å². The molecule has 2 N–H and O–H groups in total. The average molecular weight is 1590 g/mol. The van der Waals surface area contributed by atoms with Crippen LogP contribution in [-0.2, 0) is 59.8 Å². The molecule has 0 radical (unpaired) electrons. The zero-order valence-corrected chi connectivity index (χ0v) is 59.1. The Bertz CT molecular complexity index is 4600. The van der Waals surface area contributed by atoms with E-state index < -0.39 is 167 Å². The van der Waals surface area contributed by atoms with Crippen molar-refractivity contribution in [3.8, 4) is 33.9 Å². The number of hydrogen-bond donors (Lipinski definition) is 2. The number of amides is 2. The molecular formula is C70H58Cl4F10N14O10. The first-order valence-corrected chi connectivity index (χ1v) is 34.7. The monoisotopic (exact) mass is 1580 g/mol. The summed E-state index contributed by atoms with van der Waals surface area (Å²) < 4.78 is 206. The van der Waals surface area contributed by atoms with Crippen LogP contribution >= 0.6 is 46.4 Å². The molecule has 0 bridgehead atoms. The number of nitrogens with zero attached hydrogens (tertiary/aromatic N) is 12. The highest BCUT2D eigenvalue weighted by atomic mass is 35.5. The van der Waals surface area contributed by atoms with Gasteiger partial charge < -0.3 is 48.5 Å². The summed E-state index contributed by atoms with van der Waals surface area (Å²) in [5, 5.41) is 29.7. The number of carbonyl (C=O) groups is 2. The minimum Gasteiger partial charge on any atom is -0.363 e. The van der Waals surface area contributed by atoms with Crippen molar-refractivity contribution in [2.75, 3.05) is 39.5 Å². The van der Waals surface area contributed by atoms with Crippen LogP contribution in [0.15, 0.2) is 134 Å². The first-order chi connectivity index (χ1) is 51.7. The summed E-state index contributed by atoms with van der Waals surface area (Å²) in [6, 6.07) is 24.4. The quantitative estimate of drug-likeness (QED) is 0.0385.